The lowest BCUT2D eigenvalue weighted by Gasteiger charge is -2.04. The molecule has 0 heterocycles. The van der Waals surface area contributed by atoms with E-state index < -0.39 is 0 Å². The van der Waals surface area contributed by atoms with Crippen molar-refractivity contribution >= 4 is 23.5 Å². The molecule has 0 aliphatic carbocycles. The molecule has 4 N–H and O–H groups in total. The minimum atomic E-state index is 0.0371. The van der Waals surface area contributed by atoms with E-state index in [1.807, 2.05) is 25.1 Å². The van der Waals surface area contributed by atoms with Gasteiger partial charge in [0.2, 0.25) is 5.91 Å². The first-order valence-electron chi connectivity index (χ1n) is 5.58. The van der Waals surface area contributed by atoms with Crippen molar-refractivity contribution in [3.63, 3.8) is 0 Å². The van der Waals surface area contributed by atoms with Crippen LogP contribution in [0.2, 0.25) is 0 Å². The van der Waals surface area contributed by atoms with Crippen molar-refractivity contribution in [1.82, 2.24) is 5.32 Å². The number of oxime groups is 1. The molecule has 0 unspecified atom stereocenters. The van der Waals surface area contributed by atoms with Gasteiger partial charge < -0.3 is 16.3 Å². The summed E-state index contributed by atoms with van der Waals surface area (Å²) in [6.45, 7) is 2.54. The summed E-state index contributed by atoms with van der Waals surface area (Å²) in [5, 5.41) is 14.3. The van der Waals surface area contributed by atoms with Crippen molar-refractivity contribution in [3.05, 3.63) is 35.4 Å². The van der Waals surface area contributed by atoms with E-state index in [0.717, 1.165) is 5.56 Å². The zero-order valence-electron chi connectivity index (χ0n) is 10.2. The average molecular weight is 267 g/mol. The van der Waals surface area contributed by atoms with Crippen molar-refractivity contribution in [2.24, 2.45) is 10.9 Å². The van der Waals surface area contributed by atoms with Crippen LogP contribution in [0.25, 0.3) is 0 Å². The van der Waals surface area contributed by atoms with Gasteiger partial charge in [-0.15, -0.1) is 11.8 Å². The summed E-state index contributed by atoms with van der Waals surface area (Å²) >= 11 is 1.53. The minimum absolute atomic E-state index is 0.0371. The number of carbonyl (C=O) groups excluding carboxylic acids is 1. The van der Waals surface area contributed by atoms with E-state index in [2.05, 4.69) is 10.5 Å². The molecule has 6 heteroatoms. The highest BCUT2D eigenvalue weighted by molar-refractivity contribution is 7.99. The Morgan fingerprint density at radius 3 is 3.00 bits per heavy atom. The van der Waals surface area contributed by atoms with Crippen LogP contribution in [0.3, 0.4) is 0 Å². The number of hydrogen-bond acceptors (Lipinski definition) is 4. The third-order valence-corrected chi connectivity index (χ3v) is 3.21. The lowest BCUT2D eigenvalue weighted by atomic mass is 10.1. The summed E-state index contributed by atoms with van der Waals surface area (Å²) in [5.41, 5.74) is 7.22. The number of nitrogens with zero attached hydrogens (tertiary/aromatic N) is 1. The molecule has 1 aromatic rings. The smallest absolute Gasteiger partial charge is 0.229 e. The number of nitrogens with two attached hydrogens (primary N) is 1. The number of hydrogen-bond donors (Lipinski definition) is 3. The molecule has 0 aliphatic rings. The van der Waals surface area contributed by atoms with Crippen LogP contribution in [0, 0.1) is 0 Å². The first-order valence-corrected chi connectivity index (χ1v) is 6.74. The topological polar surface area (TPSA) is 87.7 Å². The molecule has 0 atom stereocenters. The second-order valence-corrected chi connectivity index (χ2v) is 4.62. The molecule has 98 valence electrons. The molecule has 0 radical (unpaired) electrons. The van der Waals surface area contributed by atoms with E-state index in [4.69, 9.17) is 10.9 Å². The predicted molar refractivity (Wildman–Crippen MR) is 73.8 cm³/mol. The fourth-order valence-corrected chi connectivity index (χ4v) is 2.19. The SMILES string of the molecule is CCNC(=O)CSCc1cccc(/C(N)=N/O)c1. The van der Waals surface area contributed by atoms with Crippen LogP contribution < -0.4 is 11.1 Å². The molecular weight excluding hydrogens is 250 g/mol. The van der Waals surface area contributed by atoms with E-state index >= 15 is 0 Å². The van der Waals surface area contributed by atoms with Crippen LogP contribution in [0.4, 0.5) is 0 Å². The predicted octanol–water partition coefficient (Wildman–Crippen LogP) is 1.15. The van der Waals surface area contributed by atoms with E-state index in [0.29, 0.717) is 23.6 Å². The van der Waals surface area contributed by atoms with Gasteiger partial charge >= 0.3 is 0 Å². The maximum Gasteiger partial charge on any atom is 0.229 e. The third kappa shape index (κ3) is 4.67. The lowest BCUT2D eigenvalue weighted by molar-refractivity contribution is -0.118. The van der Waals surface area contributed by atoms with Crippen LogP contribution in [-0.4, -0.2) is 29.2 Å². The number of amides is 1. The van der Waals surface area contributed by atoms with Gasteiger partial charge in [-0.1, -0.05) is 23.4 Å². The van der Waals surface area contributed by atoms with Crippen LogP contribution in [-0.2, 0) is 10.5 Å². The Hall–Kier alpha value is -1.69. The van der Waals surface area contributed by atoms with Gasteiger partial charge in [-0.3, -0.25) is 4.79 Å². The summed E-state index contributed by atoms with van der Waals surface area (Å²) in [6, 6.07) is 7.40. The molecule has 0 aromatic heterocycles. The Morgan fingerprint density at radius 1 is 1.56 bits per heavy atom. The van der Waals surface area contributed by atoms with Gasteiger partial charge in [0.15, 0.2) is 5.84 Å². The fraction of sp³-hybridized carbons (Fsp3) is 0.333. The first kappa shape index (κ1) is 14.4. The standard InChI is InChI=1S/C12H17N3O2S/c1-2-14-11(16)8-18-7-9-4-3-5-10(6-9)12(13)15-17/h3-6,17H,2,7-8H2,1H3,(H2,13,15)(H,14,16). The molecule has 0 fully saturated rings. The van der Waals surface area contributed by atoms with Gasteiger partial charge in [0.25, 0.3) is 0 Å². The van der Waals surface area contributed by atoms with Crippen LogP contribution in [0.5, 0.6) is 0 Å². The zero-order chi connectivity index (χ0) is 13.4. The summed E-state index contributed by atoms with van der Waals surface area (Å²) in [6.07, 6.45) is 0. The third-order valence-electron chi connectivity index (χ3n) is 2.21. The quantitative estimate of drug-likeness (QED) is 0.312. The van der Waals surface area contributed by atoms with Gasteiger partial charge in [-0.2, -0.15) is 0 Å². The molecule has 5 nitrogen and oxygen atoms in total. The van der Waals surface area contributed by atoms with Crippen molar-refractivity contribution in [2.45, 2.75) is 12.7 Å². The van der Waals surface area contributed by atoms with E-state index in [1.165, 1.54) is 11.8 Å². The Labute approximate surface area is 110 Å². The van der Waals surface area contributed by atoms with E-state index in [-0.39, 0.29) is 11.7 Å². The zero-order valence-corrected chi connectivity index (χ0v) is 11.0. The first-order chi connectivity index (χ1) is 8.67. The molecule has 0 aliphatic heterocycles. The maximum absolute atomic E-state index is 11.3. The Morgan fingerprint density at radius 2 is 2.33 bits per heavy atom. The van der Waals surface area contributed by atoms with Gasteiger partial charge in [-0.25, -0.2) is 0 Å². The number of thioether (sulfide) groups is 1. The number of carbonyl (C=O) groups is 1. The molecule has 1 amide bonds. The molecule has 0 bridgehead atoms. The monoisotopic (exact) mass is 267 g/mol. The maximum atomic E-state index is 11.3. The Kier molecular flexibility index (Phi) is 6.07. The molecule has 1 rings (SSSR count). The van der Waals surface area contributed by atoms with Crippen molar-refractivity contribution in [1.29, 1.82) is 0 Å². The highest BCUT2D eigenvalue weighted by atomic mass is 32.2. The number of nitrogens with one attached hydrogen (secondary N) is 1. The van der Waals surface area contributed by atoms with Gasteiger partial charge in [0.1, 0.15) is 0 Å². The second-order valence-electron chi connectivity index (χ2n) is 3.63. The summed E-state index contributed by atoms with van der Waals surface area (Å²) < 4.78 is 0. The van der Waals surface area contributed by atoms with E-state index in [1.54, 1.807) is 6.07 Å². The van der Waals surface area contributed by atoms with Gasteiger partial charge in [0, 0.05) is 17.9 Å². The molecule has 1 aromatic carbocycles. The van der Waals surface area contributed by atoms with Crippen molar-refractivity contribution in [2.75, 3.05) is 12.3 Å². The summed E-state index contributed by atoms with van der Waals surface area (Å²) in [7, 11) is 0. The van der Waals surface area contributed by atoms with Crippen molar-refractivity contribution < 1.29 is 10.0 Å². The van der Waals surface area contributed by atoms with Crippen LogP contribution in [0.1, 0.15) is 18.1 Å². The largest absolute Gasteiger partial charge is 0.409 e. The summed E-state index contributed by atoms with van der Waals surface area (Å²) in [5.74, 6) is 1.27. The molecule has 18 heavy (non-hydrogen) atoms. The lowest BCUT2D eigenvalue weighted by Crippen LogP contribution is -2.24. The van der Waals surface area contributed by atoms with Crippen molar-refractivity contribution in [3.8, 4) is 0 Å². The van der Waals surface area contributed by atoms with Crippen LogP contribution >= 0.6 is 11.8 Å². The average Bonchev–Trinajstić information content (AvgIpc) is 2.38. The summed E-state index contributed by atoms with van der Waals surface area (Å²) in [4.78, 5) is 11.3. The molecule has 0 spiro atoms. The number of amidine groups is 1. The molecule has 0 saturated heterocycles. The Bertz CT molecular complexity index is 435. The second kappa shape index (κ2) is 7.60. The normalized spacial score (nSPS) is 11.3. The van der Waals surface area contributed by atoms with Crippen LogP contribution in [0.15, 0.2) is 29.4 Å². The van der Waals surface area contributed by atoms with E-state index in [9.17, 15) is 4.79 Å². The Balaban J connectivity index is 2.50. The fourth-order valence-electron chi connectivity index (χ4n) is 1.39. The molecule has 0 saturated carbocycles. The highest BCUT2D eigenvalue weighted by Gasteiger charge is 2.03. The molecular formula is C12H17N3O2S. The number of benzene rings is 1. The van der Waals surface area contributed by atoms with Gasteiger partial charge in [0.05, 0.1) is 5.75 Å². The van der Waals surface area contributed by atoms with Gasteiger partial charge in [-0.05, 0) is 18.6 Å². The highest BCUT2D eigenvalue weighted by Crippen LogP contribution is 2.13. The number of rotatable bonds is 6. The minimum Gasteiger partial charge on any atom is -0.409 e.